The molecule has 0 saturated carbocycles. The number of nitrogens with zero attached hydrogens (tertiary/aromatic N) is 2. The number of methoxy groups -OCH3 is 1. The van der Waals surface area contributed by atoms with Crippen molar-refractivity contribution in [2.24, 2.45) is 5.92 Å². The van der Waals surface area contributed by atoms with Crippen LogP contribution in [0.5, 0.6) is 0 Å². The Morgan fingerprint density at radius 2 is 1.96 bits per heavy atom. The molecule has 3 heterocycles. The number of carbonyl (C=O) groups is 1. The lowest BCUT2D eigenvalue weighted by Gasteiger charge is -2.43. The van der Waals surface area contributed by atoms with Crippen LogP contribution in [0.15, 0.2) is 47.3 Å². The minimum atomic E-state index is 0.0438. The number of pyridine rings is 1. The van der Waals surface area contributed by atoms with E-state index in [2.05, 4.69) is 11.4 Å². The van der Waals surface area contributed by atoms with Crippen molar-refractivity contribution < 1.29 is 9.53 Å². The Bertz CT molecular complexity index is 894. The van der Waals surface area contributed by atoms with E-state index >= 15 is 0 Å². The third kappa shape index (κ3) is 3.83. The lowest BCUT2D eigenvalue weighted by molar-refractivity contribution is -0.134. The number of hydrogen-bond acceptors (Lipinski definition) is 4. The zero-order chi connectivity index (χ0) is 19.5. The zero-order valence-electron chi connectivity index (χ0n) is 16.3. The summed E-state index contributed by atoms with van der Waals surface area (Å²) in [6.07, 6.45) is 1.47. The van der Waals surface area contributed by atoms with Gasteiger partial charge >= 0.3 is 0 Å². The van der Waals surface area contributed by atoms with Gasteiger partial charge in [-0.1, -0.05) is 30.3 Å². The van der Waals surface area contributed by atoms with Gasteiger partial charge in [0.1, 0.15) is 5.69 Å². The molecule has 0 radical (unpaired) electrons. The summed E-state index contributed by atoms with van der Waals surface area (Å²) in [5.41, 5.74) is 2.88. The standard InChI is InChI=1S/C22H27N3O3/c1-28-10-9-21(26)24-13-17-11-18(15-24)20-8-7-19(22(27)25(20)14-17)23-12-16-5-3-2-4-6-16/h2-8,17-18,23H,9-15H2,1H3. The topological polar surface area (TPSA) is 63.6 Å². The van der Waals surface area contributed by atoms with Gasteiger partial charge in [0, 0.05) is 44.9 Å². The molecule has 1 N–H and O–H groups in total. The Labute approximate surface area is 165 Å². The largest absolute Gasteiger partial charge is 0.384 e. The molecule has 0 spiro atoms. The van der Waals surface area contributed by atoms with Crippen LogP contribution in [0.2, 0.25) is 0 Å². The van der Waals surface area contributed by atoms with E-state index in [9.17, 15) is 9.59 Å². The van der Waals surface area contributed by atoms with Crippen LogP contribution in [-0.2, 0) is 22.6 Å². The fourth-order valence-corrected chi connectivity index (χ4v) is 4.42. The summed E-state index contributed by atoms with van der Waals surface area (Å²) < 4.78 is 6.96. The van der Waals surface area contributed by atoms with Gasteiger partial charge in [0.05, 0.1) is 13.0 Å². The molecule has 2 atom stereocenters. The van der Waals surface area contributed by atoms with Crippen LogP contribution < -0.4 is 10.9 Å². The summed E-state index contributed by atoms with van der Waals surface area (Å²) in [5, 5.41) is 3.28. The predicted molar refractivity (Wildman–Crippen MR) is 108 cm³/mol. The lowest BCUT2D eigenvalue weighted by Crippen LogP contribution is -2.49. The van der Waals surface area contributed by atoms with Crippen LogP contribution in [0, 0.1) is 5.92 Å². The monoisotopic (exact) mass is 381 g/mol. The van der Waals surface area contributed by atoms with Gasteiger partial charge in [0.15, 0.2) is 0 Å². The molecule has 6 nitrogen and oxygen atoms in total. The first kappa shape index (κ1) is 18.7. The number of rotatable bonds is 6. The first-order chi connectivity index (χ1) is 13.7. The molecule has 2 unspecified atom stereocenters. The van der Waals surface area contributed by atoms with E-state index in [0.29, 0.717) is 44.3 Å². The van der Waals surface area contributed by atoms with Crippen LogP contribution in [0.25, 0.3) is 0 Å². The van der Waals surface area contributed by atoms with E-state index in [0.717, 1.165) is 24.2 Å². The fraction of sp³-hybridized carbons (Fsp3) is 0.455. The molecule has 2 aliphatic rings. The number of fused-ring (bicyclic) bond motifs is 4. The number of anilines is 1. The highest BCUT2D eigenvalue weighted by Gasteiger charge is 2.36. The highest BCUT2D eigenvalue weighted by Crippen LogP contribution is 2.35. The minimum absolute atomic E-state index is 0.0438. The SMILES string of the molecule is COCCC(=O)N1CC2CC(C1)c1ccc(NCc3ccccc3)c(=O)n1C2. The molecule has 1 aromatic carbocycles. The maximum Gasteiger partial charge on any atom is 0.274 e. The second-order valence-electron chi connectivity index (χ2n) is 7.77. The molecule has 1 amide bonds. The number of nitrogens with one attached hydrogen (secondary N) is 1. The van der Waals surface area contributed by atoms with Gasteiger partial charge in [-0.3, -0.25) is 9.59 Å². The number of hydrogen-bond donors (Lipinski definition) is 1. The second kappa shape index (κ2) is 8.19. The summed E-state index contributed by atoms with van der Waals surface area (Å²) in [5.74, 6) is 0.711. The van der Waals surface area contributed by atoms with Crippen molar-refractivity contribution in [2.75, 3.05) is 32.1 Å². The quantitative estimate of drug-likeness (QED) is 0.835. The van der Waals surface area contributed by atoms with Gasteiger partial charge in [0.25, 0.3) is 5.56 Å². The minimum Gasteiger partial charge on any atom is -0.384 e. The average molecular weight is 381 g/mol. The van der Waals surface area contributed by atoms with E-state index in [4.69, 9.17) is 4.74 Å². The molecule has 2 aliphatic heterocycles. The summed E-state index contributed by atoms with van der Waals surface area (Å²) in [6, 6.07) is 14.0. The van der Waals surface area contributed by atoms with Gasteiger partial charge in [-0.25, -0.2) is 0 Å². The zero-order valence-corrected chi connectivity index (χ0v) is 16.3. The van der Waals surface area contributed by atoms with Crippen molar-refractivity contribution >= 4 is 11.6 Å². The van der Waals surface area contributed by atoms with Gasteiger partial charge < -0.3 is 19.5 Å². The average Bonchev–Trinajstić information content (AvgIpc) is 2.72. The third-order valence-corrected chi connectivity index (χ3v) is 5.80. The van der Waals surface area contributed by atoms with Crippen LogP contribution in [-0.4, -0.2) is 42.2 Å². The van der Waals surface area contributed by atoms with E-state index in [1.165, 1.54) is 0 Å². The van der Waals surface area contributed by atoms with Crippen molar-refractivity contribution in [1.82, 2.24) is 9.47 Å². The molecule has 2 bridgehead atoms. The number of likely N-dealkylation sites (tertiary alicyclic amines) is 1. The molecule has 4 rings (SSSR count). The van der Waals surface area contributed by atoms with E-state index in [1.54, 1.807) is 7.11 Å². The van der Waals surface area contributed by atoms with Crippen molar-refractivity contribution in [2.45, 2.75) is 31.8 Å². The van der Waals surface area contributed by atoms with Gasteiger partial charge in [-0.15, -0.1) is 0 Å². The third-order valence-electron chi connectivity index (χ3n) is 5.80. The molecule has 1 fully saturated rings. The Balaban J connectivity index is 1.50. The Morgan fingerprint density at radius 3 is 2.75 bits per heavy atom. The number of amides is 1. The highest BCUT2D eigenvalue weighted by atomic mass is 16.5. The fourth-order valence-electron chi connectivity index (χ4n) is 4.42. The predicted octanol–water partition coefficient (Wildman–Crippen LogP) is 2.44. The molecular formula is C22H27N3O3. The Hall–Kier alpha value is -2.60. The molecule has 148 valence electrons. The van der Waals surface area contributed by atoms with Crippen LogP contribution in [0.4, 0.5) is 5.69 Å². The first-order valence-corrected chi connectivity index (χ1v) is 9.94. The van der Waals surface area contributed by atoms with Crippen LogP contribution in [0.1, 0.15) is 30.0 Å². The lowest BCUT2D eigenvalue weighted by atomic mass is 9.83. The first-order valence-electron chi connectivity index (χ1n) is 9.94. The van der Waals surface area contributed by atoms with E-state index < -0.39 is 0 Å². The summed E-state index contributed by atoms with van der Waals surface area (Å²) in [7, 11) is 1.62. The number of piperidine rings is 1. The molecule has 28 heavy (non-hydrogen) atoms. The second-order valence-corrected chi connectivity index (χ2v) is 7.77. The molecule has 1 aromatic heterocycles. The van der Waals surface area contributed by atoms with Gasteiger partial charge in [-0.2, -0.15) is 0 Å². The van der Waals surface area contributed by atoms with Crippen LogP contribution >= 0.6 is 0 Å². The summed E-state index contributed by atoms with van der Waals surface area (Å²) in [6.45, 7) is 3.18. The molecule has 2 aromatic rings. The molecule has 6 heteroatoms. The smallest absolute Gasteiger partial charge is 0.274 e. The number of carbonyl (C=O) groups excluding carboxylic acids is 1. The van der Waals surface area contributed by atoms with Gasteiger partial charge in [0.2, 0.25) is 5.91 Å². The Kier molecular flexibility index (Phi) is 5.48. The molecule has 1 saturated heterocycles. The van der Waals surface area contributed by atoms with Crippen molar-refractivity contribution in [1.29, 1.82) is 0 Å². The van der Waals surface area contributed by atoms with Crippen molar-refractivity contribution in [3.63, 3.8) is 0 Å². The number of ether oxygens (including phenoxy) is 1. The maximum atomic E-state index is 13.0. The van der Waals surface area contributed by atoms with E-state index in [1.807, 2.05) is 45.9 Å². The van der Waals surface area contributed by atoms with Crippen molar-refractivity contribution in [3.8, 4) is 0 Å². The normalized spacial score (nSPS) is 20.5. The highest BCUT2D eigenvalue weighted by molar-refractivity contribution is 5.76. The van der Waals surface area contributed by atoms with Crippen molar-refractivity contribution in [3.05, 3.63) is 64.1 Å². The molecular weight excluding hydrogens is 354 g/mol. The maximum absolute atomic E-state index is 13.0. The van der Waals surface area contributed by atoms with Crippen LogP contribution in [0.3, 0.4) is 0 Å². The van der Waals surface area contributed by atoms with E-state index in [-0.39, 0.29) is 17.4 Å². The number of benzene rings is 1. The number of aromatic nitrogens is 1. The summed E-state index contributed by atoms with van der Waals surface area (Å²) in [4.78, 5) is 27.4. The summed E-state index contributed by atoms with van der Waals surface area (Å²) >= 11 is 0. The molecule has 0 aliphatic carbocycles. The van der Waals surface area contributed by atoms with Gasteiger partial charge in [-0.05, 0) is 30.0 Å². The Morgan fingerprint density at radius 1 is 1.14 bits per heavy atom.